The molecule has 0 atom stereocenters. The summed E-state index contributed by atoms with van der Waals surface area (Å²) in [5.41, 5.74) is 0.717. The van der Waals surface area contributed by atoms with E-state index in [0.29, 0.717) is 31.6 Å². The highest BCUT2D eigenvalue weighted by Crippen LogP contribution is 2.40. The molecule has 2 aliphatic rings. The highest BCUT2D eigenvalue weighted by atomic mass is 16.7. The number of carbonyl (C=O) groups excluding carboxylic acids is 1. The van der Waals surface area contributed by atoms with Gasteiger partial charge >= 0.3 is 5.97 Å². The molecular formula is C16H19NO4. The molecule has 1 saturated carbocycles. The molecule has 1 aromatic rings. The Morgan fingerprint density at radius 1 is 1.14 bits per heavy atom. The first kappa shape index (κ1) is 14.1. The number of hydrogen-bond donors (Lipinski definition) is 1. The Morgan fingerprint density at radius 2 is 1.81 bits per heavy atom. The quantitative estimate of drug-likeness (QED) is 0.929. The van der Waals surface area contributed by atoms with Gasteiger partial charge in [0.25, 0.3) is 5.91 Å². The Hall–Kier alpha value is -1.88. The van der Waals surface area contributed by atoms with Crippen molar-refractivity contribution in [3.05, 3.63) is 29.8 Å². The van der Waals surface area contributed by atoms with Gasteiger partial charge in [0.05, 0.1) is 24.1 Å². The molecule has 0 spiro atoms. The SMILES string of the molecule is O=C1CCON1c1ccc(C2(C(=O)O)CCCCC2)cc1. The van der Waals surface area contributed by atoms with Gasteiger partial charge in [0.15, 0.2) is 0 Å². The van der Waals surface area contributed by atoms with Crippen molar-refractivity contribution in [1.29, 1.82) is 0 Å². The summed E-state index contributed by atoms with van der Waals surface area (Å²) in [6.07, 6.45) is 4.75. The second kappa shape index (κ2) is 5.48. The Labute approximate surface area is 123 Å². The van der Waals surface area contributed by atoms with Crippen LogP contribution in [0.15, 0.2) is 24.3 Å². The van der Waals surface area contributed by atoms with Crippen LogP contribution < -0.4 is 5.06 Å². The minimum Gasteiger partial charge on any atom is -0.481 e. The minimum atomic E-state index is -0.771. The fourth-order valence-electron chi connectivity index (χ4n) is 3.31. The van der Waals surface area contributed by atoms with Gasteiger partial charge in [-0.2, -0.15) is 5.06 Å². The lowest BCUT2D eigenvalue weighted by Gasteiger charge is -2.33. The summed E-state index contributed by atoms with van der Waals surface area (Å²) in [6, 6.07) is 7.20. The Kier molecular flexibility index (Phi) is 3.68. The molecule has 0 radical (unpaired) electrons. The molecule has 1 heterocycles. The van der Waals surface area contributed by atoms with Gasteiger partial charge in [-0.1, -0.05) is 31.4 Å². The van der Waals surface area contributed by atoms with Crippen LogP contribution >= 0.6 is 0 Å². The van der Waals surface area contributed by atoms with Crippen molar-refractivity contribution < 1.29 is 19.5 Å². The van der Waals surface area contributed by atoms with Crippen molar-refractivity contribution >= 4 is 17.6 Å². The number of amides is 1. The monoisotopic (exact) mass is 289 g/mol. The molecule has 112 valence electrons. The maximum Gasteiger partial charge on any atom is 0.314 e. The van der Waals surface area contributed by atoms with Gasteiger partial charge in [-0.3, -0.25) is 14.4 Å². The van der Waals surface area contributed by atoms with Crippen LogP contribution in [0.1, 0.15) is 44.1 Å². The maximum atomic E-state index is 11.8. The average molecular weight is 289 g/mol. The third-order valence-electron chi connectivity index (χ3n) is 4.53. The first-order chi connectivity index (χ1) is 10.1. The summed E-state index contributed by atoms with van der Waals surface area (Å²) in [4.78, 5) is 28.7. The molecule has 3 rings (SSSR count). The van der Waals surface area contributed by atoms with Crippen LogP contribution in [0.3, 0.4) is 0 Å². The van der Waals surface area contributed by atoms with E-state index in [0.717, 1.165) is 24.8 Å². The summed E-state index contributed by atoms with van der Waals surface area (Å²) in [5.74, 6) is -0.809. The van der Waals surface area contributed by atoms with Gasteiger partial charge in [-0.25, -0.2) is 0 Å². The van der Waals surface area contributed by atoms with E-state index in [1.165, 1.54) is 5.06 Å². The summed E-state index contributed by atoms with van der Waals surface area (Å²) >= 11 is 0. The summed E-state index contributed by atoms with van der Waals surface area (Å²) in [5, 5.41) is 11.0. The molecular weight excluding hydrogens is 270 g/mol. The van der Waals surface area contributed by atoms with E-state index in [4.69, 9.17) is 4.84 Å². The molecule has 0 aromatic heterocycles. The molecule has 21 heavy (non-hydrogen) atoms. The number of anilines is 1. The molecule has 5 heteroatoms. The zero-order valence-electron chi connectivity index (χ0n) is 11.9. The molecule has 0 unspecified atom stereocenters. The van der Waals surface area contributed by atoms with E-state index in [-0.39, 0.29) is 5.91 Å². The topological polar surface area (TPSA) is 66.8 Å². The van der Waals surface area contributed by atoms with Crippen molar-refractivity contribution in [2.75, 3.05) is 11.7 Å². The van der Waals surface area contributed by atoms with Crippen molar-refractivity contribution in [3.63, 3.8) is 0 Å². The molecule has 1 saturated heterocycles. The normalized spacial score (nSPS) is 21.5. The summed E-state index contributed by atoms with van der Waals surface area (Å²) in [7, 11) is 0. The van der Waals surface area contributed by atoms with Crippen molar-refractivity contribution in [2.24, 2.45) is 0 Å². The fraction of sp³-hybridized carbons (Fsp3) is 0.500. The van der Waals surface area contributed by atoms with Gasteiger partial charge in [-0.05, 0) is 30.5 Å². The standard InChI is InChI=1S/C16H19NO4/c18-14-8-11-21-17(14)13-6-4-12(5-7-13)16(15(19)20)9-2-1-3-10-16/h4-7H,1-3,8-11H2,(H,19,20). The van der Waals surface area contributed by atoms with Gasteiger partial charge in [0.2, 0.25) is 0 Å². The van der Waals surface area contributed by atoms with E-state index in [1.54, 1.807) is 12.1 Å². The predicted octanol–water partition coefficient (Wildman–Crippen LogP) is 2.64. The number of aliphatic carboxylic acids is 1. The van der Waals surface area contributed by atoms with Gasteiger partial charge < -0.3 is 5.11 Å². The predicted molar refractivity (Wildman–Crippen MR) is 76.9 cm³/mol. The fourth-order valence-corrected chi connectivity index (χ4v) is 3.31. The third kappa shape index (κ3) is 2.42. The Bertz CT molecular complexity index is 546. The molecule has 2 fully saturated rings. The van der Waals surface area contributed by atoms with E-state index < -0.39 is 11.4 Å². The number of benzene rings is 1. The molecule has 0 bridgehead atoms. The van der Waals surface area contributed by atoms with Crippen molar-refractivity contribution in [3.8, 4) is 0 Å². The first-order valence-corrected chi connectivity index (χ1v) is 7.43. The van der Waals surface area contributed by atoms with Crippen molar-refractivity contribution in [2.45, 2.75) is 43.9 Å². The van der Waals surface area contributed by atoms with Gasteiger partial charge in [0.1, 0.15) is 0 Å². The molecule has 1 N–H and O–H groups in total. The Morgan fingerprint density at radius 3 is 2.33 bits per heavy atom. The third-order valence-corrected chi connectivity index (χ3v) is 4.53. The van der Waals surface area contributed by atoms with E-state index in [9.17, 15) is 14.7 Å². The molecule has 1 amide bonds. The summed E-state index contributed by atoms with van der Waals surface area (Å²) < 4.78 is 0. The highest BCUT2D eigenvalue weighted by molar-refractivity contribution is 5.93. The zero-order valence-corrected chi connectivity index (χ0v) is 11.9. The smallest absolute Gasteiger partial charge is 0.314 e. The largest absolute Gasteiger partial charge is 0.481 e. The number of carboxylic acids is 1. The highest BCUT2D eigenvalue weighted by Gasteiger charge is 2.41. The van der Waals surface area contributed by atoms with Crippen LogP contribution in [0.4, 0.5) is 5.69 Å². The number of rotatable bonds is 3. The van der Waals surface area contributed by atoms with E-state index >= 15 is 0 Å². The first-order valence-electron chi connectivity index (χ1n) is 7.43. The molecule has 1 aliphatic heterocycles. The van der Waals surface area contributed by atoms with Crippen LogP contribution in [0, 0.1) is 0 Å². The maximum absolute atomic E-state index is 11.8. The lowest BCUT2D eigenvalue weighted by atomic mass is 9.69. The number of carboxylic acid groups (broad SMARTS) is 1. The second-order valence-corrected chi connectivity index (χ2v) is 5.77. The van der Waals surface area contributed by atoms with Crippen LogP contribution in [-0.2, 0) is 19.8 Å². The van der Waals surface area contributed by atoms with E-state index in [2.05, 4.69) is 0 Å². The minimum absolute atomic E-state index is 0.0617. The number of hydroxylamine groups is 1. The Balaban J connectivity index is 1.88. The molecule has 1 aliphatic carbocycles. The lowest BCUT2D eigenvalue weighted by molar-refractivity contribution is -0.145. The van der Waals surface area contributed by atoms with Crippen molar-refractivity contribution in [1.82, 2.24) is 0 Å². The van der Waals surface area contributed by atoms with Crippen LogP contribution in [0.25, 0.3) is 0 Å². The second-order valence-electron chi connectivity index (χ2n) is 5.77. The van der Waals surface area contributed by atoms with Gasteiger partial charge in [-0.15, -0.1) is 0 Å². The van der Waals surface area contributed by atoms with Crippen LogP contribution in [0.5, 0.6) is 0 Å². The van der Waals surface area contributed by atoms with Crippen LogP contribution in [-0.4, -0.2) is 23.6 Å². The average Bonchev–Trinajstić information content (AvgIpc) is 2.94. The zero-order chi connectivity index (χ0) is 14.9. The van der Waals surface area contributed by atoms with E-state index in [1.807, 2.05) is 12.1 Å². The van der Waals surface area contributed by atoms with Crippen LogP contribution in [0.2, 0.25) is 0 Å². The lowest BCUT2D eigenvalue weighted by Crippen LogP contribution is -2.37. The van der Waals surface area contributed by atoms with Gasteiger partial charge in [0, 0.05) is 0 Å². The number of carbonyl (C=O) groups is 2. The number of hydrogen-bond acceptors (Lipinski definition) is 3. The number of nitrogens with zero attached hydrogens (tertiary/aromatic N) is 1. The molecule has 5 nitrogen and oxygen atoms in total. The molecule has 1 aromatic carbocycles. The summed E-state index contributed by atoms with van der Waals surface area (Å²) in [6.45, 7) is 0.402.